The fourth-order valence-electron chi connectivity index (χ4n) is 10.2. The van der Waals surface area contributed by atoms with Gasteiger partial charge in [-0.15, -0.1) is 0 Å². The Morgan fingerprint density at radius 1 is 1.07 bits per heavy atom. The molecule has 5 unspecified atom stereocenters. The molecular weight excluding hydrogens is 560 g/mol. The third-order valence-corrected chi connectivity index (χ3v) is 13.0. The highest BCUT2D eigenvalue weighted by Crippen LogP contribution is 2.61. The van der Waals surface area contributed by atoms with Crippen molar-refractivity contribution in [2.24, 2.45) is 52.8 Å². The van der Waals surface area contributed by atoms with E-state index in [1.807, 2.05) is 5.06 Å². The summed E-state index contributed by atoms with van der Waals surface area (Å²) in [6.07, 6.45) is 7.99. The second-order valence-electron chi connectivity index (χ2n) is 16.0. The molecule has 0 spiro atoms. The lowest BCUT2D eigenvalue weighted by Gasteiger charge is -2.62. The van der Waals surface area contributed by atoms with Crippen LogP contribution < -0.4 is 10.8 Å². The molecule has 0 aromatic rings. The van der Waals surface area contributed by atoms with E-state index in [4.69, 9.17) is 9.68 Å². The Bertz CT molecular complexity index is 1010. The van der Waals surface area contributed by atoms with E-state index in [1.165, 1.54) is 13.5 Å². The van der Waals surface area contributed by atoms with Crippen LogP contribution in [0, 0.1) is 52.8 Å². The van der Waals surface area contributed by atoms with Gasteiger partial charge in [0.25, 0.3) is 0 Å². The van der Waals surface area contributed by atoms with Gasteiger partial charge in [-0.3, -0.25) is 19.3 Å². The van der Waals surface area contributed by atoms with Crippen molar-refractivity contribution in [3.63, 3.8) is 0 Å². The van der Waals surface area contributed by atoms with Crippen LogP contribution in [0.25, 0.3) is 0 Å². The van der Waals surface area contributed by atoms with Crippen molar-refractivity contribution >= 4 is 11.8 Å². The van der Waals surface area contributed by atoms with Gasteiger partial charge in [0.15, 0.2) is 0 Å². The zero-order valence-corrected chi connectivity index (χ0v) is 28.2. The second-order valence-corrected chi connectivity index (χ2v) is 16.0. The highest BCUT2D eigenvalue weighted by molar-refractivity contribution is 5.83. The van der Waals surface area contributed by atoms with Crippen LogP contribution in [0.1, 0.15) is 85.5 Å². The summed E-state index contributed by atoms with van der Waals surface area (Å²) in [5, 5.41) is 26.3. The predicted octanol–water partition coefficient (Wildman–Crippen LogP) is 2.98. The molecule has 1 aliphatic heterocycles. The monoisotopic (exact) mass is 620 g/mol. The van der Waals surface area contributed by atoms with Gasteiger partial charge < -0.3 is 20.4 Å². The molecule has 5 saturated carbocycles. The summed E-state index contributed by atoms with van der Waals surface area (Å²) in [4.78, 5) is 40.4. The molecule has 0 aromatic heterocycles. The van der Waals surface area contributed by atoms with Crippen molar-refractivity contribution < 1.29 is 29.5 Å². The van der Waals surface area contributed by atoms with Crippen molar-refractivity contribution in [1.29, 1.82) is 0 Å². The first-order chi connectivity index (χ1) is 20.8. The number of carbonyl (C=O) groups excluding carboxylic acids is 2. The quantitative estimate of drug-likeness (QED) is 0.275. The van der Waals surface area contributed by atoms with Gasteiger partial charge in [-0.25, -0.2) is 5.48 Å². The van der Waals surface area contributed by atoms with Crippen molar-refractivity contribution in [1.82, 2.24) is 20.8 Å². The normalized spacial score (nSPS) is 42.9. The van der Waals surface area contributed by atoms with E-state index in [2.05, 4.69) is 50.6 Å². The second kappa shape index (κ2) is 13.8. The molecule has 2 amide bonds. The van der Waals surface area contributed by atoms with Crippen LogP contribution in [0.2, 0.25) is 0 Å². The number of carbonyl (C=O) groups is 2. The lowest BCUT2D eigenvalue weighted by atomic mass is 9.45. The maximum absolute atomic E-state index is 14.1. The van der Waals surface area contributed by atoms with Gasteiger partial charge in [0.2, 0.25) is 11.8 Å². The molecule has 252 valence electrons. The number of nitrogens with zero attached hydrogens (tertiary/aromatic N) is 2. The molecule has 1 saturated heterocycles. The van der Waals surface area contributed by atoms with Gasteiger partial charge in [-0.05, 0) is 107 Å². The Labute approximate surface area is 264 Å². The van der Waals surface area contributed by atoms with Crippen LogP contribution >= 0.6 is 0 Å². The SMILES string of the molecule is CONC(=O)C1CC(C2CCCC(CN3O[C@@H](CO)[C@@H]([C@H](C)O)[C@H]3C(=O)N[C@H]3C[C@H]4C[C@@H]([C@@H]3C)C4(C)C)C2)CC(N(C)C)C1. The Balaban J connectivity index is 1.27. The molecule has 5 aliphatic carbocycles. The van der Waals surface area contributed by atoms with Crippen molar-refractivity contribution in [3.8, 4) is 0 Å². The first kappa shape index (κ1) is 34.0. The maximum atomic E-state index is 14.1. The number of fused-ring (bicyclic) bond motifs is 2. The number of rotatable bonds is 10. The summed E-state index contributed by atoms with van der Waals surface area (Å²) in [5.74, 6) is 2.28. The zero-order chi connectivity index (χ0) is 31.9. The molecule has 44 heavy (non-hydrogen) atoms. The van der Waals surface area contributed by atoms with Gasteiger partial charge in [0.05, 0.1) is 19.8 Å². The van der Waals surface area contributed by atoms with Crippen molar-refractivity contribution in [3.05, 3.63) is 0 Å². The number of aliphatic hydroxyl groups excluding tert-OH is 2. The number of nitrogens with one attached hydrogen (secondary N) is 2. The summed E-state index contributed by atoms with van der Waals surface area (Å²) in [5.41, 5.74) is 2.91. The van der Waals surface area contributed by atoms with Gasteiger partial charge in [0.1, 0.15) is 12.1 Å². The average Bonchev–Trinajstić information content (AvgIpc) is 3.36. The molecule has 6 fully saturated rings. The fourth-order valence-corrected chi connectivity index (χ4v) is 10.2. The molecule has 4 N–H and O–H groups in total. The van der Waals surface area contributed by atoms with Crippen LogP contribution in [-0.2, 0) is 19.3 Å². The maximum Gasteiger partial charge on any atom is 0.246 e. The van der Waals surface area contributed by atoms with Gasteiger partial charge in [-0.2, -0.15) is 5.06 Å². The number of amides is 2. The first-order valence-electron chi connectivity index (χ1n) is 17.4. The Hall–Kier alpha value is -1.30. The van der Waals surface area contributed by atoms with Crippen LogP contribution in [0.4, 0.5) is 0 Å². The number of hydrogen-bond donors (Lipinski definition) is 4. The van der Waals surface area contributed by atoms with E-state index in [9.17, 15) is 19.8 Å². The smallest absolute Gasteiger partial charge is 0.246 e. The molecule has 6 aliphatic rings. The van der Waals surface area contributed by atoms with Crippen LogP contribution in [-0.4, -0.2) is 96.7 Å². The van der Waals surface area contributed by atoms with E-state index < -0.39 is 24.2 Å². The summed E-state index contributed by atoms with van der Waals surface area (Å²) >= 11 is 0. The minimum absolute atomic E-state index is 0.0249. The van der Waals surface area contributed by atoms with E-state index >= 15 is 0 Å². The lowest BCUT2D eigenvalue weighted by Crippen LogP contribution is -2.62. The molecule has 10 nitrogen and oxygen atoms in total. The molecule has 0 radical (unpaired) electrons. The Morgan fingerprint density at radius 3 is 2.43 bits per heavy atom. The average molecular weight is 621 g/mol. The Kier molecular flexibility index (Phi) is 10.7. The first-order valence-corrected chi connectivity index (χ1v) is 17.4. The number of hydroxylamine groups is 3. The summed E-state index contributed by atoms with van der Waals surface area (Å²) in [6, 6.07) is -0.157. The molecule has 2 bridgehead atoms. The van der Waals surface area contributed by atoms with Crippen LogP contribution in [0.15, 0.2) is 0 Å². The number of hydrogen-bond acceptors (Lipinski definition) is 8. The minimum Gasteiger partial charge on any atom is -0.394 e. The van der Waals surface area contributed by atoms with E-state index in [-0.39, 0.29) is 30.4 Å². The number of aliphatic hydroxyl groups is 2. The third-order valence-electron chi connectivity index (χ3n) is 13.0. The minimum atomic E-state index is -0.788. The summed E-state index contributed by atoms with van der Waals surface area (Å²) in [7, 11) is 5.70. The topological polar surface area (TPSA) is 124 Å². The molecule has 6 rings (SSSR count). The molecule has 1 heterocycles. The summed E-state index contributed by atoms with van der Waals surface area (Å²) < 4.78 is 0. The molecule has 13 atom stereocenters. The molecule has 10 heteroatoms. The molecule has 0 aromatic carbocycles. The highest BCUT2D eigenvalue weighted by atomic mass is 16.7. The van der Waals surface area contributed by atoms with Gasteiger partial charge >= 0.3 is 0 Å². The third kappa shape index (κ3) is 6.72. The van der Waals surface area contributed by atoms with E-state index in [1.54, 1.807) is 6.92 Å². The summed E-state index contributed by atoms with van der Waals surface area (Å²) in [6.45, 7) is 9.07. The zero-order valence-electron chi connectivity index (χ0n) is 28.2. The van der Waals surface area contributed by atoms with Crippen LogP contribution in [0.3, 0.4) is 0 Å². The Morgan fingerprint density at radius 2 is 1.82 bits per heavy atom. The van der Waals surface area contributed by atoms with Gasteiger partial charge in [0, 0.05) is 30.5 Å². The van der Waals surface area contributed by atoms with Gasteiger partial charge in [-0.1, -0.05) is 33.6 Å². The molecular formula is C34H60N4O6. The van der Waals surface area contributed by atoms with Crippen molar-refractivity contribution in [2.45, 2.75) is 116 Å². The van der Waals surface area contributed by atoms with Crippen LogP contribution in [0.5, 0.6) is 0 Å². The van der Waals surface area contributed by atoms with Crippen molar-refractivity contribution in [2.75, 3.05) is 34.4 Å². The highest BCUT2D eigenvalue weighted by Gasteiger charge is 2.57. The van der Waals surface area contributed by atoms with E-state index in [0.717, 1.165) is 51.4 Å². The standard InChI is InChI=1S/C34H60N4O6/c1-19-27-15-25(34(27,3)4)16-28(19)35-33(42)31-30(20(2)40)29(18-39)44-38(31)17-21-9-8-10-22(11-21)23-12-24(32(41)36-43-7)14-26(13-23)37(5)6/h19-31,39-40H,8-18H2,1-7H3,(H,35,42)(H,36,41)/t19-,20-,21?,22?,23?,24?,25+,26?,27-,28-,29-,30+,31-/m0/s1. The van der Waals surface area contributed by atoms with E-state index in [0.29, 0.717) is 53.5 Å². The fraction of sp³-hybridized carbons (Fsp3) is 0.941. The predicted molar refractivity (Wildman–Crippen MR) is 168 cm³/mol. The lowest BCUT2D eigenvalue weighted by molar-refractivity contribution is -0.185. The largest absolute Gasteiger partial charge is 0.394 e.